The molecule has 0 aliphatic carbocycles. The Hall–Kier alpha value is -2.04. The summed E-state index contributed by atoms with van der Waals surface area (Å²) in [6.07, 6.45) is 1.37. The van der Waals surface area contributed by atoms with E-state index in [0.717, 1.165) is 17.7 Å². The molecule has 0 heterocycles. The van der Waals surface area contributed by atoms with E-state index in [9.17, 15) is 9.59 Å². The Kier molecular flexibility index (Phi) is 5.85. The largest absolute Gasteiger partial charge is 0.481 e. The molecule has 0 saturated heterocycles. The predicted molar refractivity (Wildman–Crippen MR) is 74.3 cm³/mol. The summed E-state index contributed by atoms with van der Waals surface area (Å²) in [5.74, 6) is -0.842. The van der Waals surface area contributed by atoms with Gasteiger partial charge in [-0.25, -0.2) is 4.79 Å². The molecular formula is C14H20N2O3. The highest BCUT2D eigenvalue weighted by Gasteiger charge is 2.10. The minimum absolute atomic E-state index is 0.0726. The SMILES string of the molecule is CCc1ccccc1NC(=O)N(C)CCCC(=O)O. The molecule has 2 N–H and O–H groups in total. The third-order valence-electron chi connectivity index (χ3n) is 2.87. The van der Waals surface area contributed by atoms with Crippen LogP contribution in [-0.4, -0.2) is 35.6 Å². The molecule has 0 unspecified atom stereocenters. The summed E-state index contributed by atoms with van der Waals surface area (Å²) in [4.78, 5) is 23.8. The molecule has 0 aliphatic heterocycles. The zero-order chi connectivity index (χ0) is 14.3. The Balaban J connectivity index is 2.51. The minimum Gasteiger partial charge on any atom is -0.481 e. The van der Waals surface area contributed by atoms with Gasteiger partial charge in [-0.3, -0.25) is 4.79 Å². The summed E-state index contributed by atoms with van der Waals surface area (Å²) >= 11 is 0. The van der Waals surface area contributed by atoms with Gasteiger partial charge in [-0.1, -0.05) is 25.1 Å². The summed E-state index contributed by atoms with van der Waals surface area (Å²) in [5, 5.41) is 11.4. The maximum Gasteiger partial charge on any atom is 0.321 e. The minimum atomic E-state index is -0.842. The van der Waals surface area contributed by atoms with E-state index in [1.54, 1.807) is 7.05 Å². The highest BCUT2D eigenvalue weighted by molar-refractivity contribution is 5.90. The van der Waals surface area contributed by atoms with Crippen molar-refractivity contribution in [1.29, 1.82) is 0 Å². The van der Waals surface area contributed by atoms with Gasteiger partial charge < -0.3 is 15.3 Å². The summed E-state index contributed by atoms with van der Waals surface area (Å²) in [6.45, 7) is 2.45. The van der Waals surface area contributed by atoms with Crippen molar-refractivity contribution in [1.82, 2.24) is 4.90 Å². The number of anilines is 1. The number of para-hydroxylation sites is 1. The van der Waals surface area contributed by atoms with Crippen molar-refractivity contribution in [3.05, 3.63) is 29.8 Å². The lowest BCUT2D eigenvalue weighted by Crippen LogP contribution is -2.32. The molecule has 5 nitrogen and oxygen atoms in total. The molecule has 0 atom stereocenters. The molecular weight excluding hydrogens is 244 g/mol. The molecule has 1 aromatic rings. The fourth-order valence-corrected chi connectivity index (χ4v) is 1.73. The topological polar surface area (TPSA) is 69.6 Å². The second-order valence-electron chi connectivity index (χ2n) is 4.36. The van der Waals surface area contributed by atoms with E-state index in [0.29, 0.717) is 13.0 Å². The monoisotopic (exact) mass is 264 g/mol. The van der Waals surface area contributed by atoms with Gasteiger partial charge in [-0.2, -0.15) is 0 Å². The number of carbonyl (C=O) groups is 2. The smallest absolute Gasteiger partial charge is 0.321 e. The summed E-state index contributed by atoms with van der Waals surface area (Å²) < 4.78 is 0. The molecule has 1 aromatic carbocycles. The number of hydrogen-bond acceptors (Lipinski definition) is 2. The van der Waals surface area contributed by atoms with Crippen LogP contribution in [0.3, 0.4) is 0 Å². The van der Waals surface area contributed by atoms with Crippen molar-refractivity contribution in [3.63, 3.8) is 0 Å². The number of amides is 2. The standard InChI is InChI=1S/C14H20N2O3/c1-3-11-7-4-5-8-12(11)15-14(19)16(2)10-6-9-13(17)18/h4-5,7-8H,3,6,9-10H2,1-2H3,(H,15,19)(H,17,18). The maximum absolute atomic E-state index is 11.9. The lowest BCUT2D eigenvalue weighted by atomic mass is 10.1. The number of nitrogens with one attached hydrogen (secondary N) is 1. The molecule has 0 fully saturated rings. The molecule has 0 bridgehead atoms. The quantitative estimate of drug-likeness (QED) is 0.829. The van der Waals surface area contributed by atoms with Gasteiger partial charge in [0.05, 0.1) is 0 Å². The van der Waals surface area contributed by atoms with Crippen molar-refractivity contribution in [2.24, 2.45) is 0 Å². The van der Waals surface area contributed by atoms with Crippen LogP contribution in [0.5, 0.6) is 0 Å². The van der Waals surface area contributed by atoms with Crippen LogP contribution < -0.4 is 5.32 Å². The van der Waals surface area contributed by atoms with Crippen molar-refractivity contribution in [2.75, 3.05) is 18.9 Å². The highest BCUT2D eigenvalue weighted by atomic mass is 16.4. The summed E-state index contributed by atoms with van der Waals surface area (Å²) in [7, 11) is 1.66. The van der Waals surface area contributed by atoms with Crippen LogP contribution in [0.1, 0.15) is 25.3 Å². The van der Waals surface area contributed by atoms with Gasteiger partial charge in [0, 0.05) is 25.7 Å². The molecule has 5 heteroatoms. The van der Waals surface area contributed by atoms with E-state index < -0.39 is 5.97 Å². The molecule has 0 aromatic heterocycles. The van der Waals surface area contributed by atoms with E-state index in [2.05, 4.69) is 5.32 Å². The van der Waals surface area contributed by atoms with Gasteiger partial charge in [0.15, 0.2) is 0 Å². The van der Waals surface area contributed by atoms with Crippen LogP contribution in [0.4, 0.5) is 10.5 Å². The first-order valence-corrected chi connectivity index (χ1v) is 6.36. The van der Waals surface area contributed by atoms with E-state index in [4.69, 9.17) is 5.11 Å². The second kappa shape index (κ2) is 7.41. The normalized spacial score (nSPS) is 10.0. The Morgan fingerprint density at radius 2 is 2.00 bits per heavy atom. The lowest BCUT2D eigenvalue weighted by Gasteiger charge is -2.18. The van der Waals surface area contributed by atoms with Gasteiger partial charge >= 0.3 is 12.0 Å². The number of benzene rings is 1. The number of aryl methyl sites for hydroxylation is 1. The third-order valence-corrected chi connectivity index (χ3v) is 2.87. The van der Waals surface area contributed by atoms with Crippen LogP contribution in [0.15, 0.2) is 24.3 Å². The molecule has 19 heavy (non-hydrogen) atoms. The average molecular weight is 264 g/mol. The summed E-state index contributed by atoms with van der Waals surface area (Å²) in [6, 6.07) is 7.43. The van der Waals surface area contributed by atoms with Gasteiger partial charge in [-0.15, -0.1) is 0 Å². The van der Waals surface area contributed by atoms with Crippen molar-refractivity contribution < 1.29 is 14.7 Å². The number of nitrogens with zero attached hydrogens (tertiary/aromatic N) is 1. The van der Waals surface area contributed by atoms with Crippen molar-refractivity contribution in [2.45, 2.75) is 26.2 Å². The zero-order valence-corrected chi connectivity index (χ0v) is 11.3. The molecule has 0 saturated carbocycles. The lowest BCUT2D eigenvalue weighted by molar-refractivity contribution is -0.137. The molecule has 1 rings (SSSR count). The molecule has 0 aliphatic rings. The Morgan fingerprint density at radius 1 is 1.32 bits per heavy atom. The number of rotatable bonds is 6. The number of carboxylic acids is 1. The van der Waals surface area contributed by atoms with E-state index in [1.165, 1.54) is 4.90 Å². The van der Waals surface area contributed by atoms with Crippen molar-refractivity contribution >= 4 is 17.7 Å². The zero-order valence-electron chi connectivity index (χ0n) is 11.3. The number of hydrogen-bond donors (Lipinski definition) is 2. The van der Waals surface area contributed by atoms with Gasteiger partial charge in [0.2, 0.25) is 0 Å². The Bertz CT molecular complexity index is 446. The molecule has 0 spiro atoms. The fraction of sp³-hybridized carbons (Fsp3) is 0.429. The summed E-state index contributed by atoms with van der Waals surface area (Å²) in [5.41, 5.74) is 1.88. The van der Waals surface area contributed by atoms with Crippen LogP contribution in [0, 0.1) is 0 Å². The number of carbonyl (C=O) groups excluding carboxylic acids is 1. The van der Waals surface area contributed by atoms with Crippen LogP contribution in [0.2, 0.25) is 0 Å². The van der Waals surface area contributed by atoms with Gasteiger partial charge in [0.1, 0.15) is 0 Å². The molecule has 2 amide bonds. The van der Waals surface area contributed by atoms with Crippen LogP contribution >= 0.6 is 0 Å². The van der Waals surface area contributed by atoms with E-state index in [-0.39, 0.29) is 12.5 Å². The Labute approximate surface area is 113 Å². The van der Waals surface area contributed by atoms with Gasteiger partial charge in [0.25, 0.3) is 0 Å². The first-order chi connectivity index (χ1) is 9.04. The molecule has 0 radical (unpaired) electrons. The fourth-order valence-electron chi connectivity index (χ4n) is 1.73. The third kappa shape index (κ3) is 4.99. The average Bonchev–Trinajstić information content (AvgIpc) is 2.38. The molecule has 104 valence electrons. The Morgan fingerprint density at radius 3 is 2.63 bits per heavy atom. The van der Waals surface area contributed by atoms with Crippen LogP contribution in [0.25, 0.3) is 0 Å². The first kappa shape index (κ1) is 15.0. The van der Waals surface area contributed by atoms with E-state index >= 15 is 0 Å². The second-order valence-corrected chi connectivity index (χ2v) is 4.36. The maximum atomic E-state index is 11.9. The highest BCUT2D eigenvalue weighted by Crippen LogP contribution is 2.15. The number of aliphatic carboxylic acids is 1. The van der Waals surface area contributed by atoms with Crippen molar-refractivity contribution in [3.8, 4) is 0 Å². The van der Waals surface area contributed by atoms with Crippen LogP contribution in [-0.2, 0) is 11.2 Å². The first-order valence-electron chi connectivity index (χ1n) is 6.36. The predicted octanol–water partition coefficient (Wildman–Crippen LogP) is 2.58. The number of urea groups is 1. The van der Waals surface area contributed by atoms with E-state index in [1.807, 2.05) is 31.2 Å². The van der Waals surface area contributed by atoms with Gasteiger partial charge in [-0.05, 0) is 24.5 Å². The number of carboxylic acid groups (broad SMARTS) is 1.